The SMILES string of the molecule is CC(C)=CCOc1ccc(C(C)(C)CC(=O)O)cc1. The molecule has 104 valence electrons. The summed E-state index contributed by atoms with van der Waals surface area (Å²) in [5.74, 6) is 0.0151. The first-order valence-corrected chi connectivity index (χ1v) is 6.40. The van der Waals surface area contributed by atoms with Gasteiger partial charge in [0.25, 0.3) is 0 Å². The van der Waals surface area contributed by atoms with Gasteiger partial charge in [-0.15, -0.1) is 0 Å². The van der Waals surface area contributed by atoms with Gasteiger partial charge in [-0.05, 0) is 37.6 Å². The molecule has 0 aliphatic carbocycles. The van der Waals surface area contributed by atoms with E-state index in [1.54, 1.807) is 0 Å². The number of rotatable bonds is 6. The fraction of sp³-hybridized carbons (Fsp3) is 0.438. The molecule has 1 rings (SSSR count). The molecule has 0 saturated heterocycles. The molecule has 0 aromatic heterocycles. The van der Waals surface area contributed by atoms with Crippen molar-refractivity contribution in [2.75, 3.05) is 6.61 Å². The monoisotopic (exact) mass is 262 g/mol. The summed E-state index contributed by atoms with van der Waals surface area (Å²) in [5.41, 5.74) is 1.85. The minimum Gasteiger partial charge on any atom is -0.490 e. The fourth-order valence-corrected chi connectivity index (χ4v) is 1.79. The van der Waals surface area contributed by atoms with Gasteiger partial charge in [0, 0.05) is 5.41 Å². The highest BCUT2D eigenvalue weighted by Gasteiger charge is 2.23. The molecule has 0 amide bonds. The minimum absolute atomic E-state index is 0.116. The van der Waals surface area contributed by atoms with E-state index in [2.05, 4.69) is 0 Å². The largest absolute Gasteiger partial charge is 0.490 e. The molecule has 0 heterocycles. The Balaban J connectivity index is 2.70. The molecule has 0 saturated carbocycles. The van der Waals surface area contributed by atoms with Crippen LogP contribution in [-0.2, 0) is 10.2 Å². The lowest BCUT2D eigenvalue weighted by molar-refractivity contribution is -0.138. The van der Waals surface area contributed by atoms with E-state index < -0.39 is 5.97 Å². The molecule has 0 aliphatic heterocycles. The van der Waals surface area contributed by atoms with Crippen molar-refractivity contribution in [3.8, 4) is 5.75 Å². The molecule has 1 N–H and O–H groups in total. The van der Waals surface area contributed by atoms with Crippen LogP contribution < -0.4 is 4.74 Å². The van der Waals surface area contributed by atoms with Crippen molar-refractivity contribution in [2.24, 2.45) is 0 Å². The Kier molecular flexibility index (Phi) is 5.16. The van der Waals surface area contributed by atoms with Gasteiger partial charge in [0.2, 0.25) is 0 Å². The molecule has 0 atom stereocenters. The number of hydrogen-bond acceptors (Lipinski definition) is 2. The van der Waals surface area contributed by atoms with Crippen LogP contribution in [0.1, 0.15) is 39.7 Å². The highest BCUT2D eigenvalue weighted by molar-refractivity contribution is 5.68. The molecular weight excluding hydrogens is 240 g/mol. The second-order valence-electron chi connectivity index (χ2n) is 5.57. The summed E-state index contributed by atoms with van der Waals surface area (Å²) in [6, 6.07) is 7.64. The average molecular weight is 262 g/mol. The Bertz CT molecular complexity index is 451. The van der Waals surface area contributed by atoms with E-state index in [4.69, 9.17) is 9.84 Å². The smallest absolute Gasteiger partial charge is 0.304 e. The number of benzene rings is 1. The molecule has 19 heavy (non-hydrogen) atoms. The number of carboxylic acids is 1. The van der Waals surface area contributed by atoms with Gasteiger partial charge >= 0.3 is 5.97 Å². The number of carbonyl (C=O) groups is 1. The maximum atomic E-state index is 10.8. The average Bonchev–Trinajstić information content (AvgIpc) is 2.27. The standard InChI is InChI=1S/C16H22O3/c1-12(2)9-10-19-14-7-5-13(6-8-14)16(3,4)11-15(17)18/h5-9H,10-11H2,1-4H3,(H,17,18). The third kappa shape index (κ3) is 5.16. The summed E-state index contributed by atoms with van der Waals surface area (Å²) >= 11 is 0. The maximum Gasteiger partial charge on any atom is 0.304 e. The molecule has 0 radical (unpaired) electrons. The van der Waals surface area contributed by atoms with Crippen molar-refractivity contribution in [2.45, 2.75) is 39.5 Å². The number of ether oxygens (including phenoxy) is 1. The van der Waals surface area contributed by atoms with E-state index in [9.17, 15) is 4.79 Å². The Labute approximate surface area is 114 Å². The number of allylic oxidation sites excluding steroid dienone is 1. The van der Waals surface area contributed by atoms with Gasteiger partial charge in [0.05, 0.1) is 6.42 Å². The highest BCUT2D eigenvalue weighted by atomic mass is 16.5. The second-order valence-corrected chi connectivity index (χ2v) is 5.57. The minimum atomic E-state index is -0.783. The van der Waals surface area contributed by atoms with Crippen LogP contribution in [0.5, 0.6) is 5.75 Å². The highest BCUT2D eigenvalue weighted by Crippen LogP contribution is 2.28. The van der Waals surface area contributed by atoms with Gasteiger partial charge in [0.15, 0.2) is 0 Å². The zero-order valence-electron chi connectivity index (χ0n) is 12.1. The van der Waals surface area contributed by atoms with Gasteiger partial charge in [-0.3, -0.25) is 4.79 Å². The lowest BCUT2D eigenvalue weighted by Gasteiger charge is -2.23. The van der Waals surface area contributed by atoms with Crippen molar-refractivity contribution in [3.05, 3.63) is 41.5 Å². The molecule has 3 nitrogen and oxygen atoms in total. The van der Waals surface area contributed by atoms with Gasteiger partial charge in [-0.1, -0.05) is 31.6 Å². The molecule has 0 spiro atoms. The molecule has 0 aliphatic rings. The Morgan fingerprint density at radius 3 is 2.32 bits per heavy atom. The van der Waals surface area contributed by atoms with Crippen molar-refractivity contribution in [1.29, 1.82) is 0 Å². The second kappa shape index (κ2) is 6.41. The van der Waals surface area contributed by atoms with Crippen molar-refractivity contribution >= 4 is 5.97 Å². The zero-order valence-corrected chi connectivity index (χ0v) is 12.1. The summed E-state index contributed by atoms with van der Waals surface area (Å²) in [4.78, 5) is 10.8. The zero-order chi connectivity index (χ0) is 14.5. The van der Waals surface area contributed by atoms with Crippen LogP contribution in [0.3, 0.4) is 0 Å². The summed E-state index contributed by atoms with van der Waals surface area (Å²) < 4.78 is 5.57. The molecule has 1 aromatic carbocycles. The van der Waals surface area contributed by atoms with Gasteiger partial charge < -0.3 is 9.84 Å². The topological polar surface area (TPSA) is 46.5 Å². The quantitative estimate of drug-likeness (QED) is 0.793. The molecule has 0 unspecified atom stereocenters. The van der Waals surface area contributed by atoms with Crippen molar-refractivity contribution in [1.82, 2.24) is 0 Å². The number of aliphatic carboxylic acids is 1. The Morgan fingerprint density at radius 2 is 1.84 bits per heavy atom. The predicted octanol–water partition coefficient (Wildman–Crippen LogP) is 3.78. The third-order valence-corrected chi connectivity index (χ3v) is 2.97. The van der Waals surface area contributed by atoms with Crippen LogP contribution in [0.15, 0.2) is 35.9 Å². The molecule has 0 bridgehead atoms. The van der Waals surface area contributed by atoms with Crippen LogP contribution in [0.25, 0.3) is 0 Å². The van der Waals surface area contributed by atoms with Crippen LogP contribution in [0, 0.1) is 0 Å². The van der Waals surface area contributed by atoms with Crippen LogP contribution in [0.4, 0.5) is 0 Å². The van der Waals surface area contributed by atoms with Gasteiger partial charge in [-0.2, -0.15) is 0 Å². The Hall–Kier alpha value is -1.77. The van der Waals surface area contributed by atoms with E-state index in [-0.39, 0.29) is 11.8 Å². The van der Waals surface area contributed by atoms with Crippen LogP contribution >= 0.6 is 0 Å². The summed E-state index contributed by atoms with van der Waals surface area (Å²) in [6.07, 6.45) is 2.13. The van der Waals surface area contributed by atoms with Crippen molar-refractivity contribution < 1.29 is 14.6 Å². The van der Waals surface area contributed by atoms with E-state index in [0.29, 0.717) is 6.61 Å². The normalized spacial score (nSPS) is 10.9. The molecule has 3 heteroatoms. The maximum absolute atomic E-state index is 10.8. The van der Waals surface area contributed by atoms with Gasteiger partial charge in [0.1, 0.15) is 12.4 Å². The predicted molar refractivity (Wildman–Crippen MR) is 76.6 cm³/mol. The Morgan fingerprint density at radius 1 is 1.26 bits per heavy atom. The van der Waals surface area contributed by atoms with E-state index in [1.807, 2.05) is 58.0 Å². The van der Waals surface area contributed by atoms with Crippen LogP contribution in [0.2, 0.25) is 0 Å². The van der Waals surface area contributed by atoms with Crippen LogP contribution in [-0.4, -0.2) is 17.7 Å². The summed E-state index contributed by atoms with van der Waals surface area (Å²) in [5, 5.41) is 8.90. The lowest BCUT2D eigenvalue weighted by Crippen LogP contribution is -2.21. The number of carboxylic acid groups (broad SMARTS) is 1. The van der Waals surface area contributed by atoms with E-state index in [0.717, 1.165) is 11.3 Å². The fourth-order valence-electron chi connectivity index (χ4n) is 1.79. The first-order chi connectivity index (χ1) is 8.81. The first-order valence-electron chi connectivity index (χ1n) is 6.40. The third-order valence-electron chi connectivity index (χ3n) is 2.97. The summed E-state index contributed by atoms with van der Waals surface area (Å²) in [6.45, 7) is 8.47. The first kappa shape index (κ1) is 15.3. The lowest BCUT2D eigenvalue weighted by atomic mass is 9.82. The molecule has 0 fully saturated rings. The van der Waals surface area contributed by atoms with E-state index >= 15 is 0 Å². The molecule has 1 aromatic rings. The summed E-state index contributed by atoms with van der Waals surface area (Å²) in [7, 11) is 0. The number of hydrogen-bond donors (Lipinski definition) is 1. The van der Waals surface area contributed by atoms with Crippen molar-refractivity contribution in [3.63, 3.8) is 0 Å². The van der Waals surface area contributed by atoms with E-state index in [1.165, 1.54) is 5.57 Å². The van der Waals surface area contributed by atoms with Gasteiger partial charge in [-0.25, -0.2) is 0 Å². The molecular formula is C16H22O3.